The van der Waals surface area contributed by atoms with Crippen molar-refractivity contribution in [1.29, 1.82) is 10.8 Å². The van der Waals surface area contributed by atoms with Crippen molar-refractivity contribution in [2.75, 3.05) is 13.1 Å². The first-order chi connectivity index (χ1) is 5.13. The third-order valence-electron chi connectivity index (χ3n) is 1.14. The predicted octanol–water partition coefficient (Wildman–Crippen LogP) is -0.772. The highest BCUT2D eigenvalue weighted by Gasteiger charge is 1.91. The van der Waals surface area contributed by atoms with Crippen molar-refractivity contribution in [3.63, 3.8) is 0 Å². The lowest BCUT2D eigenvalue weighted by atomic mass is 10.3. The Balaban J connectivity index is 3.03. The summed E-state index contributed by atoms with van der Waals surface area (Å²) in [5.41, 5.74) is 10.2. The van der Waals surface area contributed by atoms with Gasteiger partial charge in [0.25, 0.3) is 0 Å². The summed E-state index contributed by atoms with van der Waals surface area (Å²) in [5.74, 6) is 0.362. The van der Waals surface area contributed by atoms with Crippen molar-refractivity contribution in [2.45, 2.75) is 12.8 Å². The third-order valence-corrected chi connectivity index (χ3v) is 1.14. The number of amidine groups is 2. The fourth-order valence-electron chi connectivity index (χ4n) is 0.571. The summed E-state index contributed by atoms with van der Waals surface area (Å²) in [4.78, 5) is 0. The minimum Gasteiger partial charge on any atom is -0.388 e. The highest BCUT2D eigenvalue weighted by atomic mass is 14.9. The zero-order valence-electron chi connectivity index (χ0n) is 6.48. The molecule has 0 aromatic carbocycles. The van der Waals surface area contributed by atoms with Crippen LogP contribution in [0.1, 0.15) is 12.8 Å². The van der Waals surface area contributed by atoms with Gasteiger partial charge in [0, 0.05) is 25.9 Å². The summed E-state index contributed by atoms with van der Waals surface area (Å²) >= 11 is 0. The topological polar surface area (TPSA) is 112 Å². The maximum Gasteiger partial charge on any atom is 0.0918 e. The zero-order chi connectivity index (χ0) is 8.69. The van der Waals surface area contributed by atoms with Gasteiger partial charge in [-0.1, -0.05) is 0 Å². The Morgan fingerprint density at radius 1 is 1.00 bits per heavy atom. The van der Waals surface area contributed by atoms with Gasteiger partial charge in [-0.3, -0.25) is 10.8 Å². The van der Waals surface area contributed by atoms with E-state index in [0.717, 1.165) is 0 Å². The van der Waals surface area contributed by atoms with Gasteiger partial charge in [0.15, 0.2) is 0 Å². The van der Waals surface area contributed by atoms with Crippen LogP contribution < -0.4 is 16.8 Å². The molecular formula is C6H15N5. The third kappa shape index (κ3) is 8.90. The highest BCUT2D eigenvalue weighted by molar-refractivity contribution is 5.77. The van der Waals surface area contributed by atoms with Gasteiger partial charge >= 0.3 is 0 Å². The van der Waals surface area contributed by atoms with Crippen LogP contribution in [0.2, 0.25) is 0 Å². The second-order valence-corrected chi connectivity index (χ2v) is 2.30. The maximum atomic E-state index is 6.89. The zero-order valence-corrected chi connectivity index (χ0v) is 6.48. The number of nitrogens with one attached hydrogen (secondary N) is 3. The van der Waals surface area contributed by atoms with E-state index in [-0.39, 0.29) is 11.7 Å². The summed E-state index contributed by atoms with van der Waals surface area (Å²) < 4.78 is 0. The molecular weight excluding hydrogens is 142 g/mol. The molecule has 0 aliphatic heterocycles. The number of hydrogen-bond acceptors (Lipinski definition) is 3. The Morgan fingerprint density at radius 2 is 1.36 bits per heavy atom. The summed E-state index contributed by atoms with van der Waals surface area (Å²) in [5, 5.41) is 16.8. The van der Waals surface area contributed by atoms with E-state index in [4.69, 9.17) is 22.3 Å². The van der Waals surface area contributed by atoms with E-state index in [2.05, 4.69) is 5.32 Å². The first kappa shape index (κ1) is 9.90. The summed E-state index contributed by atoms with van der Waals surface area (Å²) in [6, 6.07) is 0. The van der Waals surface area contributed by atoms with Crippen LogP contribution in [0.4, 0.5) is 0 Å². The fourth-order valence-corrected chi connectivity index (χ4v) is 0.571. The van der Waals surface area contributed by atoms with Gasteiger partial charge in [-0.25, -0.2) is 0 Å². The summed E-state index contributed by atoms with van der Waals surface area (Å²) in [7, 11) is 0. The molecule has 0 unspecified atom stereocenters. The predicted molar refractivity (Wildman–Crippen MR) is 45.9 cm³/mol. The Hall–Kier alpha value is -1.10. The molecule has 0 aliphatic rings. The highest BCUT2D eigenvalue weighted by Crippen LogP contribution is 1.76. The molecule has 7 N–H and O–H groups in total. The van der Waals surface area contributed by atoms with E-state index in [0.29, 0.717) is 25.9 Å². The minimum atomic E-state index is 0.181. The van der Waals surface area contributed by atoms with Crippen LogP contribution in [0.15, 0.2) is 0 Å². The van der Waals surface area contributed by atoms with E-state index in [1.165, 1.54) is 0 Å². The normalized spacial score (nSPS) is 9.45. The second-order valence-electron chi connectivity index (χ2n) is 2.30. The van der Waals surface area contributed by atoms with Crippen LogP contribution >= 0.6 is 0 Å². The van der Waals surface area contributed by atoms with Crippen LogP contribution in [-0.4, -0.2) is 24.8 Å². The number of rotatable bonds is 6. The standard InChI is InChI=1S/C6H15N5/c7-5(8)1-3-11-4-2-6(9)10/h11H,1-4H2,(H3,7,8)(H3,9,10). The van der Waals surface area contributed by atoms with E-state index in [1.54, 1.807) is 0 Å². The van der Waals surface area contributed by atoms with Gasteiger partial charge in [0.1, 0.15) is 0 Å². The lowest BCUT2D eigenvalue weighted by molar-refractivity contribution is 0.711. The molecule has 0 aromatic rings. The molecule has 0 amide bonds. The molecule has 0 rings (SSSR count). The monoisotopic (exact) mass is 157 g/mol. The van der Waals surface area contributed by atoms with Gasteiger partial charge in [-0.2, -0.15) is 0 Å². The molecule has 5 nitrogen and oxygen atoms in total. The van der Waals surface area contributed by atoms with Crippen molar-refractivity contribution < 1.29 is 0 Å². The first-order valence-corrected chi connectivity index (χ1v) is 3.49. The van der Waals surface area contributed by atoms with Gasteiger partial charge in [-0.05, 0) is 0 Å². The van der Waals surface area contributed by atoms with Gasteiger partial charge in [0.2, 0.25) is 0 Å². The van der Waals surface area contributed by atoms with Crippen LogP contribution in [0, 0.1) is 10.8 Å². The van der Waals surface area contributed by atoms with Crippen molar-refractivity contribution in [3.05, 3.63) is 0 Å². The molecule has 64 valence electrons. The molecule has 0 atom stereocenters. The Kier molecular flexibility index (Phi) is 5.10. The van der Waals surface area contributed by atoms with Crippen LogP contribution in [0.3, 0.4) is 0 Å². The number of nitrogens with two attached hydrogens (primary N) is 2. The van der Waals surface area contributed by atoms with Gasteiger partial charge in [-0.15, -0.1) is 0 Å². The summed E-state index contributed by atoms with van der Waals surface area (Å²) in [6.07, 6.45) is 1.11. The van der Waals surface area contributed by atoms with Crippen molar-refractivity contribution in [1.82, 2.24) is 5.32 Å². The van der Waals surface area contributed by atoms with Crippen LogP contribution in [0.5, 0.6) is 0 Å². The molecule has 5 heteroatoms. The van der Waals surface area contributed by atoms with Gasteiger partial charge < -0.3 is 16.8 Å². The molecule has 0 spiro atoms. The average molecular weight is 157 g/mol. The average Bonchev–Trinajstić information content (AvgIpc) is 1.85. The smallest absolute Gasteiger partial charge is 0.0918 e. The minimum absolute atomic E-state index is 0.181. The lowest BCUT2D eigenvalue weighted by Gasteiger charge is -2.01. The molecule has 0 bridgehead atoms. The quantitative estimate of drug-likeness (QED) is 0.198. The molecule has 0 aliphatic carbocycles. The molecule has 11 heavy (non-hydrogen) atoms. The van der Waals surface area contributed by atoms with Crippen LogP contribution in [-0.2, 0) is 0 Å². The van der Waals surface area contributed by atoms with Crippen molar-refractivity contribution in [2.24, 2.45) is 11.5 Å². The second kappa shape index (κ2) is 5.67. The lowest BCUT2D eigenvalue weighted by Crippen LogP contribution is -2.25. The fraction of sp³-hybridized carbons (Fsp3) is 0.667. The largest absolute Gasteiger partial charge is 0.388 e. The Bertz CT molecular complexity index is 126. The number of hydrogen-bond donors (Lipinski definition) is 5. The maximum absolute atomic E-state index is 6.89. The Labute approximate surface area is 66.2 Å². The van der Waals surface area contributed by atoms with E-state index in [9.17, 15) is 0 Å². The van der Waals surface area contributed by atoms with E-state index < -0.39 is 0 Å². The molecule has 0 saturated carbocycles. The van der Waals surface area contributed by atoms with Crippen molar-refractivity contribution in [3.8, 4) is 0 Å². The van der Waals surface area contributed by atoms with Crippen LogP contribution in [0.25, 0.3) is 0 Å². The SMILES string of the molecule is N=C(N)CCNCCC(=N)N. The molecule has 0 aromatic heterocycles. The van der Waals surface area contributed by atoms with Crippen molar-refractivity contribution >= 4 is 11.7 Å². The first-order valence-electron chi connectivity index (χ1n) is 3.49. The Morgan fingerprint density at radius 3 is 1.64 bits per heavy atom. The van der Waals surface area contributed by atoms with Gasteiger partial charge in [0.05, 0.1) is 11.7 Å². The van der Waals surface area contributed by atoms with E-state index >= 15 is 0 Å². The molecule has 0 heterocycles. The molecule has 0 saturated heterocycles. The summed E-state index contributed by atoms with van der Waals surface area (Å²) in [6.45, 7) is 1.37. The van der Waals surface area contributed by atoms with E-state index in [1.807, 2.05) is 0 Å². The molecule has 0 fully saturated rings. The molecule has 0 radical (unpaired) electrons.